The first-order chi connectivity index (χ1) is 13.8. The Bertz CT molecular complexity index is 576. The summed E-state index contributed by atoms with van der Waals surface area (Å²) in [6, 6.07) is 8.28. The van der Waals surface area contributed by atoms with E-state index in [4.69, 9.17) is 14.6 Å². The minimum atomic E-state index is 0.0572. The third kappa shape index (κ3) is 5.47. The molecule has 3 aliphatic rings. The summed E-state index contributed by atoms with van der Waals surface area (Å²) in [7, 11) is 0. The molecule has 0 radical (unpaired) electrons. The van der Waals surface area contributed by atoms with Crippen LogP contribution in [0.2, 0.25) is 0 Å². The number of hydrogen-bond acceptors (Lipinski definition) is 5. The fraction of sp³-hybridized carbons (Fsp3) is 0.739. The second-order valence-corrected chi connectivity index (χ2v) is 8.73. The van der Waals surface area contributed by atoms with Crippen LogP contribution >= 0.6 is 0 Å². The van der Waals surface area contributed by atoms with Gasteiger partial charge in [-0.15, -0.1) is 0 Å². The molecule has 1 unspecified atom stereocenters. The second-order valence-electron chi connectivity index (χ2n) is 8.73. The van der Waals surface area contributed by atoms with Gasteiger partial charge in [-0.1, -0.05) is 18.6 Å². The van der Waals surface area contributed by atoms with Crippen LogP contribution in [0.15, 0.2) is 24.3 Å². The van der Waals surface area contributed by atoms with E-state index in [1.807, 2.05) is 12.1 Å². The topological polar surface area (TPSA) is 45.2 Å². The van der Waals surface area contributed by atoms with Crippen LogP contribution < -0.4 is 4.74 Å². The van der Waals surface area contributed by atoms with Gasteiger partial charge in [0.2, 0.25) is 0 Å². The Balaban J connectivity index is 1.07. The second kappa shape index (κ2) is 10.1. The molecule has 28 heavy (non-hydrogen) atoms. The molecule has 1 N–H and O–H groups in total. The monoisotopic (exact) mass is 388 g/mol. The van der Waals surface area contributed by atoms with Gasteiger partial charge in [-0.3, -0.25) is 4.90 Å². The molecule has 0 amide bonds. The van der Waals surface area contributed by atoms with Gasteiger partial charge in [-0.05, 0) is 67.8 Å². The van der Waals surface area contributed by atoms with Gasteiger partial charge < -0.3 is 19.5 Å². The number of fused-ring (bicyclic) bond motifs is 1. The van der Waals surface area contributed by atoms with E-state index in [2.05, 4.69) is 21.9 Å². The molecule has 3 fully saturated rings. The van der Waals surface area contributed by atoms with Crippen LogP contribution in [-0.2, 0) is 11.3 Å². The highest BCUT2D eigenvalue weighted by molar-refractivity contribution is 5.27. The summed E-state index contributed by atoms with van der Waals surface area (Å²) in [5.41, 5.74) is 1.34. The van der Waals surface area contributed by atoms with Crippen molar-refractivity contribution in [3.8, 4) is 5.75 Å². The smallest absolute Gasteiger partial charge is 0.119 e. The third-order valence-electron chi connectivity index (χ3n) is 6.66. The molecular formula is C23H36N2O3. The Morgan fingerprint density at radius 2 is 1.68 bits per heavy atom. The molecule has 156 valence electrons. The highest BCUT2D eigenvalue weighted by Gasteiger charge is 2.55. The summed E-state index contributed by atoms with van der Waals surface area (Å²) in [5, 5.41) is 8.81. The van der Waals surface area contributed by atoms with Crippen LogP contribution in [0.3, 0.4) is 0 Å². The van der Waals surface area contributed by atoms with E-state index in [9.17, 15) is 0 Å². The number of benzene rings is 1. The fourth-order valence-electron chi connectivity index (χ4n) is 5.02. The first-order valence-electron chi connectivity index (χ1n) is 11.2. The average molecular weight is 389 g/mol. The molecule has 3 atom stereocenters. The molecule has 0 bridgehead atoms. The Hall–Kier alpha value is -1.14. The standard InChI is InChI=1S/C23H36N2O3/c26-12-14-28-20-7-5-19(6-8-20)15-25-16-21-22(17-25)23(21)18-27-13-4-11-24-9-2-1-3-10-24/h5-8,21-23,26H,1-4,9-18H2/t21-,22+,23?. The number of aliphatic hydroxyl groups is 1. The molecule has 5 heteroatoms. The van der Waals surface area contributed by atoms with E-state index < -0.39 is 0 Å². The molecular weight excluding hydrogens is 352 g/mol. The van der Waals surface area contributed by atoms with E-state index in [0.717, 1.165) is 43.3 Å². The molecule has 1 aromatic rings. The first-order valence-corrected chi connectivity index (χ1v) is 11.2. The van der Waals surface area contributed by atoms with Crippen LogP contribution in [0.5, 0.6) is 5.75 Å². The maximum atomic E-state index is 8.81. The van der Waals surface area contributed by atoms with E-state index in [-0.39, 0.29) is 6.61 Å². The predicted octanol–water partition coefficient (Wildman–Crippen LogP) is 2.63. The molecule has 0 aromatic heterocycles. The van der Waals surface area contributed by atoms with Gasteiger partial charge in [0.05, 0.1) is 13.2 Å². The van der Waals surface area contributed by atoms with Crippen molar-refractivity contribution in [1.29, 1.82) is 0 Å². The first kappa shape index (κ1) is 20.1. The van der Waals surface area contributed by atoms with E-state index in [1.165, 1.54) is 64.0 Å². The van der Waals surface area contributed by atoms with Crippen LogP contribution in [0.4, 0.5) is 0 Å². The third-order valence-corrected chi connectivity index (χ3v) is 6.66. The highest BCUT2D eigenvalue weighted by Crippen LogP contribution is 2.52. The Morgan fingerprint density at radius 3 is 2.39 bits per heavy atom. The number of piperidine rings is 2. The normalized spacial score (nSPS) is 27.7. The van der Waals surface area contributed by atoms with Gasteiger partial charge in [0.1, 0.15) is 12.4 Å². The number of ether oxygens (including phenoxy) is 2. The minimum Gasteiger partial charge on any atom is -0.491 e. The van der Waals surface area contributed by atoms with E-state index in [0.29, 0.717) is 6.61 Å². The molecule has 1 saturated carbocycles. The zero-order valence-corrected chi connectivity index (χ0v) is 17.1. The number of aliphatic hydroxyl groups excluding tert-OH is 1. The van der Waals surface area contributed by atoms with Crippen LogP contribution in [0.1, 0.15) is 31.2 Å². The summed E-state index contributed by atoms with van der Waals surface area (Å²) in [5.74, 6) is 3.35. The quantitative estimate of drug-likeness (QED) is 0.591. The number of hydrogen-bond donors (Lipinski definition) is 1. The van der Waals surface area contributed by atoms with Gasteiger partial charge >= 0.3 is 0 Å². The average Bonchev–Trinajstić information content (AvgIpc) is 3.18. The molecule has 0 spiro atoms. The Kier molecular flexibility index (Phi) is 7.24. The lowest BCUT2D eigenvalue weighted by atomic mass is 10.1. The molecule has 2 saturated heterocycles. The molecule has 5 nitrogen and oxygen atoms in total. The van der Waals surface area contributed by atoms with Gasteiger partial charge in [0.25, 0.3) is 0 Å². The predicted molar refractivity (Wildman–Crippen MR) is 110 cm³/mol. The van der Waals surface area contributed by atoms with E-state index in [1.54, 1.807) is 0 Å². The number of nitrogens with zero attached hydrogens (tertiary/aromatic N) is 2. The summed E-state index contributed by atoms with van der Waals surface area (Å²) in [6.07, 6.45) is 5.36. The lowest BCUT2D eigenvalue weighted by Gasteiger charge is -2.26. The van der Waals surface area contributed by atoms with Crippen molar-refractivity contribution in [2.75, 3.05) is 59.2 Å². The lowest BCUT2D eigenvalue weighted by Crippen LogP contribution is -2.31. The molecule has 1 aliphatic carbocycles. The van der Waals surface area contributed by atoms with Crippen molar-refractivity contribution in [2.24, 2.45) is 17.8 Å². The summed E-state index contributed by atoms with van der Waals surface area (Å²) >= 11 is 0. The summed E-state index contributed by atoms with van der Waals surface area (Å²) < 4.78 is 11.4. The SMILES string of the molecule is OCCOc1ccc(CN2C[C@@H]3C(COCCCN4CCCCC4)[C@@H]3C2)cc1. The Labute approximate surface area is 169 Å². The Morgan fingerprint density at radius 1 is 0.929 bits per heavy atom. The maximum Gasteiger partial charge on any atom is 0.119 e. The molecule has 2 heterocycles. The van der Waals surface area contributed by atoms with Crippen molar-refractivity contribution in [1.82, 2.24) is 9.80 Å². The van der Waals surface area contributed by atoms with Crippen molar-refractivity contribution < 1.29 is 14.6 Å². The number of likely N-dealkylation sites (tertiary alicyclic amines) is 2. The molecule has 4 rings (SSSR count). The minimum absolute atomic E-state index is 0.0572. The van der Waals surface area contributed by atoms with E-state index >= 15 is 0 Å². The zero-order valence-electron chi connectivity index (χ0n) is 17.1. The van der Waals surface area contributed by atoms with Gasteiger partial charge in [-0.25, -0.2) is 0 Å². The number of rotatable bonds is 11. The summed E-state index contributed by atoms with van der Waals surface area (Å²) in [6.45, 7) is 9.58. The van der Waals surface area contributed by atoms with Crippen LogP contribution in [-0.4, -0.2) is 74.1 Å². The largest absolute Gasteiger partial charge is 0.491 e. The van der Waals surface area contributed by atoms with Crippen molar-refractivity contribution in [2.45, 2.75) is 32.2 Å². The summed E-state index contributed by atoms with van der Waals surface area (Å²) in [4.78, 5) is 5.17. The maximum absolute atomic E-state index is 8.81. The molecule has 1 aromatic carbocycles. The van der Waals surface area contributed by atoms with Crippen LogP contribution in [0, 0.1) is 17.8 Å². The van der Waals surface area contributed by atoms with Gasteiger partial charge in [0.15, 0.2) is 0 Å². The highest BCUT2D eigenvalue weighted by atomic mass is 16.5. The van der Waals surface area contributed by atoms with Crippen LogP contribution in [0.25, 0.3) is 0 Å². The van der Waals surface area contributed by atoms with Gasteiger partial charge in [0, 0.05) is 32.8 Å². The fourth-order valence-corrected chi connectivity index (χ4v) is 5.02. The molecule has 2 aliphatic heterocycles. The van der Waals surface area contributed by atoms with Crippen molar-refractivity contribution in [3.63, 3.8) is 0 Å². The van der Waals surface area contributed by atoms with Crippen molar-refractivity contribution >= 4 is 0 Å². The van der Waals surface area contributed by atoms with Crippen molar-refractivity contribution in [3.05, 3.63) is 29.8 Å². The zero-order chi connectivity index (χ0) is 19.2. The van der Waals surface area contributed by atoms with Gasteiger partial charge in [-0.2, -0.15) is 0 Å². The lowest BCUT2D eigenvalue weighted by molar-refractivity contribution is 0.0967.